The number of nitrogens with zero attached hydrogens (tertiary/aromatic N) is 1. The van der Waals surface area contributed by atoms with Crippen LogP contribution in [0.25, 0.3) is 0 Å². The summed E-state index contributed by atoms with van der Waals surface area (Å²) in [5.74, 6) is 0. The van der Waals surface area contributed by atoms with Crippen LogP contribution >= 0.6 is 11.3 Å². The maximum absolute atomic E-state index is 3.64. The average molecular weight is 272 g/mol. The Morgan fingerprint density at radius 2 is 2.16 bits per heavy atom. The molecule has 0 saturated heterocycles. The Morgan fingerprint density at radius 3 is 2.89 bits per heavy atom. The minimum Gasteiger partial charge on any atom is -0.380 e. The van der Waals surface area contributed by atoms with E-state index in [4.69, 9.17) is 0 Å². The van der Waals surface area contributed by atoms with Crippen LogP contribution in [0.1, 0.15) is 17.4 Å². The van der Waals surface area contributed by atoms with Gasteiger partial charge in [0.1, 0.15) is 0 Å². The third-order valence-electron chi connectivity index (χ3n) is 3.73. The second kappa shape index (κ2) is 5.76. The monoisotopic (exact) mass is 272 g/mol. The van der Waals surface area contributed by atoms with Gasteiger partial charge in [0.05, 0.1) is 0 Å². The second-order valence-corrected chi connectivity index (χ2v) is 6.14. The van der Waals surface area contributed by atoms with Crippen molar-refractivity contribution >= 4 is 17.0 Å². The fraction of sp³-hybridized carbons (Fsp3) is 0.375. The highest BCUT2D eigenvalue weighted by Gasteiger charge is 2.21. The van der Waals surface area contributed by atoms with Gasteiger partial charge in [-0.05, 0) is 36.0 Å². The standard InChI is InChI=1S/C16H20N2S/c1-2-18(12-15-7-5-9-19-15)11-14-10-13-6-3-4-8-16(13)17-14/h3-9,14,17H,2,10-12H2,1H3. The Balaban J connectivity index is 1.59. The minimum atomic E-state index is 0.553. The number of benzene rings is 1. The van der Waals surface area contributed by atoms with Crippen molar-refractivity contribution in [2.75, 3.05) is 18.4 Å². The maximum atomic E-state index is 3.64. The van der Waals surface area contributed by atoms with Crippen LogP contribution in [0.3, 0.4) is 0 Å². The number of hydrogen-bond donors (Lipinski definition) is 1. The molecule has 0 bridgehead atoms. The molecule has 2 heterocycles. The molecule has 0 fully saturated rings. The number of fused-ring (bicyclic) bond motifs is 1. The molecule has 3 heteroatoms. The average Bonchev–Trinajstić information content (AvgIpc) is 3.06. The first kappa shape index (κ1) is 12.7. The maximum Gasteiger partial charge on any atom is 0.0429 e. The predicted molar refractivity (Wildman–Crippen MR) is 82.8 cm³/mol. The van der Waals surface area contributed by atoms with E-state index in [9.17, 15) is 0 Å². The molecular weight excluding hydrogens is 252 g/mol. The summed E-state index contributed by atoms with van der Waals surface area (Å²) in [5.41, 5.74) is 2.78. The van der Waals surface area contributed by atoms with Gasteiger partial charge in [-0.1, -0.05) is 31.2 Å². The fourth-order valence-electron chi connectivity index (χ4n) is 2.73. The van der Waals surface area contributed by atoms with Crippen LogP contribution in [0.15, 0.2) is 41.8 Å². The normalized spacial score (nSPS) is 17.5. The molecule has 0 radical (unpaired) electrons. The smallest absolute Gasteiger partial charge is 0.0429 e. The van der Waals surface area contributed by atoms with E-state index < -0.39 is 0 Å². The summed E-state index contributed by atoms with van der Waals surface area (Å²) in [4.78, 5) is 3.98. The Bertz CT molecular complexity index is 494. The van der Waals surface area contributed by atoms with E-state index in [-0.39, 0.29) is 0 Å². The van der Waals surface area contributed by atoms with E-state index in [0.29, 0.717) is 6.04 Å². The summed E-state index contributed by atoms with van der Waals surface area (Å²) >= 11 is 1.85. The molecule has 1 aromatic carbocycles. The first-order valence-electron chi connectivity index (χ1n) is 6.94. The highest BCUT2D eigenvalue weighted by molar-refractivity contribution is 7.09. The Kier molecular flexibility index (Phi) is 3.85. The molecule has 19 heavy (non-hydrogen) atoms. The van der Waals surface area contributed by atoms with Gasteiger partial charge in [-0.15, -0.1) is 11.3 Å². The largest absolute Gasteiger partial charge is 0.380 e. The lowest BCUT2D eigenvalue weighted by Crippen LogP contribution is -2.35. The van der Waals surface area contributed by atoms with Crippen LogP contribution in [0.2, 0.25) is 0 Å². The van der Waals surface area contributed by atoms with Gasteiger partial charge in [0.15, 0.2) is 0 Å². The van der Waals surface area contributed by atoms with Crippen LogP contribution < -0.4 is 5.32 Å². The Morgan fingerprint density at radius 1 is 1.26 bits per heavy atom. The van der Waals surface area contributed by atoms with Crippen LogP contribution in [0.5, 0.6) is 0 Å². The molecule has 1 aromatic heterocycles. The van der Waals surface area contributed by atoms with E-state index in [1.54, 1.807) is 0 Å². The molecular formula is C16H20N2S. The first-order chi connectivity index (χ1) is 9.35. The van der Waals surface area contributed by atoms with Gasteiger partial charge in [0, 0.05) is 29.7 Å². The van der Waals surface area contributed by atoms with Gasteiger partial charge < -0.3 is 5.32 Å². The lowest BCUT2D eigenvalue weighted by molar-refractivity contribution is 0.271. The van der Waals surface area contributed by atoms with Gasteiger partial charge in [-0.2, -0.15) is 0 Å². The summed E-state index contributed by atoms with van der Waals surface area (Å²) < 4.78 is 0. The zero-order valence-corrected chi connectivity index (χ0v) is 12.1. The zero-order valence-electron chi connectivity index (χ0n) is 11.3. The van der Waals surface area contributed by atoms with E-state index in [0.717, 1.165) is 26.1 Å². The summed E-state index contributed by atoms with van der Waals surface area (Å²) in [5, 5.41) is 5.80. The molecule has 2 aromatic rings. The third-order valence-corrected chi connectivity index (χ3v) is 4.59. The van der Waals surface area contributed by atoms with Crippen LogP contribution in [-0.4, -0.2) is 24.0 Å². The van der Waals surface area contributed by atoms with Crippen molar-refractivity contribution in [2.45, 2.75) is 25.9 Å². The summed E-state index contributed by atoms with van der Waals surface area (Å²) in [7, 11) is 0. The first-order valence-corrected chi connectivity index (χ1v) is 7.82. The van der Waals surface area contributed by atoms with Crippen molar-refractivity contribution in [3.63, 3.8) is 0 Å². The third kappa shape index (κ3) is 2.99. The molecule has 0 aliphatic carbocycles. The molecule has 1 aliphatic heterocycles. The van der Waals surface area contributed by atoms with Gasteiger partial charge in [0.25, 0.3) is 0 Å². The van der Waals surface area contributed by atoms with E-state index in [1.165, 1.54) is 16.1 Å². The Hall–Kier alpha value is -1.32. The van der Waals surface area contributed by atoms with E-state index in [2.05, 4.69) is 58.9 Å². The van der Waals surface area contributed by atoms with Crippen molar-refractivity contribution in [2.24, 2.45) is 0 Å². The summed E-state index contributed by atoms with van der Waals surface area (Å²) in [6, 6.07) is 13.6. The molecule has 1 N–H and O–H groups in total. The number of rotatable bonds is 5. The van der Waals surface area contributed by atoms with Gasteiger partial charge in [0.2, 0.25) is 0 Å². The molecule has 0 saturated carbocycles. The summed E-state index contributed by atoms with van der Waals surface area (Å²) in [6.07, 6.45) is 1.15. The molecule has 2 nitrogen and oxygen atoms in total. The van der Waals surface area contributed by atoms with Crippen molar-refractivity contribution < 1.29 is 0 Å². The van der Waals surface area contributed by atoms with Crippen molar-refractivity contribution in [3.8, 4) is 0 Å². The van der Waals surface area contributed by atoms with Gasteiger partial charge in [-0.25, -0.2) is 0 Å². The van der Waals surface area contributed by atoms with Gasteiger partial charge in [-0.3, -0.25) is 4.90 Å². The quantitative estimate of drug-likeness (QED) is 0.894. The number of likely N-dealkylation sites (N-methyl/N-ethyl adjacent to an activating group) is 1. The lowest BCUT2D eigenvalue weighted by Gasteiger charge is -2.23. The highest BCUT2D eigenvalue weighted by Crippen LogP contribution is 2.25. The van der Waals surface area contributed by atoms with E-state index >= 15 is 0 Å². The topological polar surface area (TPSA) is 15.3 Å². The number of anilines is 1. The SMILES string of the molecule is CCN(Cc1cccs1)CC1Cc2ccccc2N1. The van der Waals surface area contributed by atoms with Crippen molar-refractivity contribution in [3.05, 3.63) is 52.2 Å². The van der Waals surface area contributed by atoms with Crippen molar-refractivity contribution in [1.82, 2.24) is 4.90 Å². The Labute approximate surface area is 119 Å². The molecule has 3 rings (SSSR count). The molecule has 1 aliphatic rings. The van der Waals surface area contributed by atoms with E-state index in [1.807, 2.05) is 11.3 Å². The van der Waals surface area contributed by atoms with Crippen LogP contribution in [0.4, 0.5) is 5.69 Å². The zero-order chi connectivity index (χ0) is 13.1. The molecule has 0 spiro atoms. The predicted octanol–water partition coefficient (Wildman–Crippen LogP) is 3.61. The molecule has 1 atom stereocenters. The number of hydrogen-bond acceptors (Lipinski definition) is 3. The second-order valence-electron chi connectivity index (χ2n) is 5.11. The van der Waals surface area contributed by atoms with Gasteiger partial charge >= 0.3 is 0 Å². The minimum absolute atomic E-state index is 0.553. The fourth-order valence-corrected chi connectivity index (χ4v) is 3.47. The van der Waals surface area contributed by atoms with Crippen LogP contribution in [-0.2, 0) is 13.0 Å². The molecule has 1 unspecified atom stereocenters. The van der Waals surface area contributed by atoms with Crippen LogP contribution in [0, 0.1) is 0 Å². The lowest BCUT2D eigenvalue weighted by atomic mass is 10.1. The van der Waals surface area contributed by atoms with Crippen molar-refractivity contribution in [1.29, 1.82) is 0 Å². The number of nitrogens with one attached hydrogen (secondary N) is 1. The number of para-hydroxylation sites is 1. The number of thiophene rings is 1. The molecule has 100 valence electrons. The molecule has 0 amide bonds. The highest BCUT2D eigenvalue weighted by atomic mass is 32.1. The summed E-state index contributed by atoms with van der Waals surface area (Å²) in [6.45, 7) is 5.54.